The highest BCUT2D eigenvalue weighted by atomic mass is 32.1. The van der Waals surface area contributed by atoms with Crippen LogP contribution in [0.15, 0.2) is 41.8 Å². The molecular weight excluding hydrogens is 270 g/mol. The molecule has 4 heteroatoms. The van der Waals surface area contributed by atoms with Crippen molar-refractivity contribution in [3.8, 4) is 5.75 Å². The van der Waals surface area contributed by atoms with Gasteiger partial charge in [0.2, 0.25) is 5.91 Å². The topological polar surface area (TPSA) is 40.5 Å². The van der Waals surface area contributed by atoms with Crippen molar-refractivity contribution >= 4 is 17.2 Å². The van der Waals surface area contributed by atoms with E-state index in [0.29, 0.717) is 5.56 Å². The zero-order chi connectivity index (χ0) is 14.5. The van der Waals surface area contributed by atoms with E-state index in [1.54, 1.807) is 34.4 Å². The quantitative estimate of drug-likeness (QED) is 0.919. The van der Waals surface area contributed by atoms with Gasteiger partial charge < -0.3 is 10.0 Å². The van der Waals surface area contributed by atoms with Crippen molar-refractivity contribution in [3.63, 3.8) is 0 Å². The van der Waals surface area contributed by atoms with Gasteiger partial charge in [0.05, 0.1) is 6.42 Å². The van der Waals surface area contributed by atoms with Gasteiger partial charge in [0.1, 0.15) is 5.75 Å². The molecule has 2 aromatic rings. The molecule has 1 N–H and O–H groups in total. The number of likely N-dealkylation sites (N-methyl/N-ethyl adjacent to an activating group) is 1. The van der Waals surface area contributed by atoms with Crippen LogP contribution in [0.3, 0.4) is 0 Å². The summed E-state index contributed by atoms with van der Waals surface area (Å²) >= 11 is 1.71. The predicted molar refractivity (Wildman–Crippen MR) is 82.1 cm³/mol. The Morgan fingerprint density at radius 3 is 2.70 bits per heavy atom. The molecule has 0 fully saturated rings. The lowest BCUT2D eigenvalue weighted by Crippen LogP contribution is -2.37. The zero-order valence-corrected chi connectivity index (χ0v) is 12.6. The SMILES string of the molecule is CC(Cc1cccs1)N(C)C(=O)Cc1ccccc1O. The van der Waals surface area contributed by atoms with Crippen LogP contribution >= 0.6 is 11.3 Å². The number of aromatic hydroxyl groups is 1. The van der Waals surface area contributed by atoms with E-state index in [0.717, 1.165) is 6.42 Å². The molecule has 1 atom stereocenters. The van der Waals surface area contributed by atoms with Gasteiger partial charge in [-0.1, -0.05) is 24.3 Å². The second kappa shape index (κ2) is 6.57. The predicted octanol–water partition coefficient (Wildman–Crippen LogP) is 3.09. The Hall–Kier alpha value is -1.81. The Balaban J connectivity index is 1.96. The standard InChI is InChI=1S/C16H19NO2S/c1-12(10-14-7-5-9-20-14)17(2)16(19)11-13-6-3-4-8-15(13)18/h3-9,12,18H,10-11H2,1-2H3. The molecule has 20 heavy (non-hydrogen) atoms. The van der Waals surface area contributed by atoms with Crippen molar-refractivity contribution in [1.29, 1.82) is 0 Å². The summed E-state index contributed by atoms with van der Waals surface area (Å²) in [5, 5.41) is 11.8. The number of para-hydroxylation sites is 1. The fourth-order valence-corrected chi connectivity index (χ4v) is 2.88. The van der Waals surface area contributed by atoms with Gasteiger partial charge in [0, 0.05) is 30.0 Å². The number of nitrogens with zero attached hydrogens (tertiary/aromatic N) is 1. The minimum atomic E-state index is 0.0237. The number of carbonyl (C=O) groups excluding carboxylic acids is 1. The number of phenols is 1. The van der Waals surface area contributed by atoms with E-state index in [-0.39, 0.29) is 24.1 Å². The highest BCUT2D eigenvalue weighted by Crippen LogP contribution is 2.18. The van der Waals surface area contributed by atoms with Crippen molar-refractivity contribution in [3.05, 3.63) is 52.2 Å². The molecule has 1 amide bonds. The maximum atomic E-state index is 12.3. The van der Waals surface area contributed by atoms with E-state index < -0.39 is 0 Å². The van der Waals surface area contributed by atoms with Gasteiger partial charge in [0.15, 0.2) is 0 Å². The Bertz CT molecular complexity index is 566. The molecule has 0 aliphatic heterocycles. The zero-order valence-electron chi connectivity index (χ0n) is 11.7. The number of thiophene rings is 1. The van der Waals surface area contributed by atoms with Crippen LogP contribution in [-0.2, 0) is 17.6 Å². The van der Waals surface area contributed by atoms with E-state index in [9.17, 15) is 9.90 Å². The van der Waals surface area contributed by atoms with Gasteiger partial charge in [-0.25, -0.2) is 0 Å². The first-order chi connectivity index (χ1) is 9.58. The normalized spacial score (nSPS) is 12.1. The highest BCUT2D eigenvalue weighted by Gasteiger charge is 2.17. The summed E-state index contributed by atoms with van der Waals surface area (Å²) in [6.45, 7) is 2.04. The lowest BCUT2D eigenvalue weighted by atomic mass is 10.1. The first-order valence-corrected chi connectivity index (χ1v) is 7.51. The maximum Gasteiger partial charge on any atom is 0.227 e. The van der Waals surface area contributed by atoms with Crippen molar-refractivity contribution in [2.75, 3.05) is 7.05 Å². The number of phenolic OH excluding ortho intramolecular Hbond substituents is 1. The molecule has 1 aromatic carbocycles. The minimum absolute atomic E-state index is 0.0237. The molecule has 0 spiro atoms. The average molecular weight is 289 g/mol. The summed E-state index contributed by atoms with van der Waals surface area (Å²) in [4.78, 5) is 15.3. The van der Waals surface area contributed by atoms with Crippen LogP contribution in [0, 0.1) is 0 Å². The summed E-state index contributed by atoms with van der Waals surface area (Å²) in [5.41, 5.74) is 0.674. The molecule has 0 saturated carbocycles. The van der Waals surface area contributed by atoms with Gasteiger partial charge in [-0.15, -0.1) is 11.3 Å². The molecule has 1 unspecified atom stereocenters. The smallest absolute Gasteiger partial charge is 0.227 e. The number of rotatable bonds is 5. The van der Waals surface area contributed by atoms with Crippen LogP contribution in [0.1, 0.15) is 17.4 Å². The molecule has 0 aliphatic carbocycles. The molecule has 3 nitrogen and oxygen atoms in total. The van der Waals surface area contributed by atoms with Gasteiger partial charge in [0.25, 0.3) is 0 Å². The molecular formula is C16H19NO2S. The maximum absolute atomic E-state index is 12.3. The summed E-state index contributed by atoms with van der Waals surface area (Å²) in [7, 11) is 1.82. The third kappa shape index (κ3) is 3.61. The molecule has 0 aliphatic rings. The third-order valence-corrected chi connectivity index (χ3v) is 4.36. The number of benzene rings is 1. The fraction of sp³-hybridized carbons (Fsp3) is 0.312. The van der Waals surface area contributed by atoms with Crippen molar-refractivity contribution in [2.24, 2.45) is 0 Å². The van der Waals surface area contributed by atoms with E-state index in [1.807, 2.05) is 31.5 Å². The number of hydrogen-bond acceptors (Lipinski definition) is 3. The van der Waals surface area contributed by atoms with Crippen LogP contribution in [-0.4, -0.2) is 29.0 Å². The molecule has 0 saturated heterocycles. The second-order valence-corrected chi connectivity index (χ2v) is 5.97. The van der Waals surface area contributed by atoms with Gasteiger partial charge in [-0.2, -0.15) is 0 Å². The van der Waals surface area contributed by atoms with Crippen LogP contribution in [0.25, 0.3) is 0 Å². The summed E-state index contributed by atoms with van der Waals surface area (Å²) in [5.74, 6) is 0.204. The van der Waals surface area contributed by atoms with Crippen LogP contribution in [0.5, 0.6) is 5.75 Å². The summed E-state index contributed by atoms with van der Waals surface area (Å²) in [6.07, 6.45) is 1.10. The third-order valence-electron chi connectivity index (χ3n) is 3.46. The number of hydrogen-bond donors (Lipinski definition) is 1. The Labute approximate surface area is 123 Å². The van der Waals surface area contributed by atoms with Crippen LogP contribution in [0.2, 0.25) is 0 Å². The van der Waals surface area contributed by atoms with Gasteiger partial charge >= 0.3 is 0 Å². The molecule has 2 rings (SSSR count). The Morgan fingerprint density at radius 1 is 1.30 bits per heavy atom. The largest absolute Gasteiger partial charge is 0.508 e. The Morgan fingerprint density at radius 2 is 2.05 bits per heavy atom. The second-order valence-electron chi connectivity index (χ2n) is 4.94. The highest BCUT2D eigenvalue weighted by molar-refractivity contribution is 7.09. The fourth-order valence-electron chi connectivity index (χ4n) is 2.05. The van der Waals surface area contributed by atoms with Crippen molar-refractivity contribution in [2.45, 2.75) is 25.8 Å². The lowest BCUT2D eigenvalue weighted by Gasteiger charge is -2.25. The van der Waals surface area contributed by atoms with Crippen LogP contribution in [0.4, 0.5) is 0 Å². The first kappa shape index (κ1) is 14.6. The molecule has 1 aromatic heterocycles. The number of carbonyl (C=O) groups is 1. The van der Waals surface area contributed by atoms with E-state index >= 15 is 0 Å². The molecule has 1 heterocycles. The first-order valence-electron chi connectivity index (χ1n) is 6.63. The number of amides is 1. The summed E-state index contributed by atoms with van der Waals surface area (Å²) in [6, 6.07) is 11.2. The monoisotopic (exact) mass is 289 g/mol. The van der Waals surface area contributed by atoms with Crippen molar-refractivity contribution in [1.82, 2.24) is 4.90 Å². The average Bonchev–Trinajstić information content (AvgIpc) is 2.93. The van der Waals surface area contributed by atoms with Crippen molar-refractivity contribution < 1.29 is 9.90 Å². The van der Waals surface area contributed by atoms with E-state index in [4.69, 9.17) is 0 Å². The lowest BCUT2D eigenvalue weighted by molar-refractivity contribution is -0.130. The van der Waals surface area contributed by atoms with Gasteiger partial charge in [-0.05, 0) is 24.4 Å². The molecule has 106 valence electrons. The van der Waals surface area contributed by atoms with E-state index in [1.165, 1.54) is 4.88 Å². The van der Waals surface area contributed by atoms with Crippen LogP contribution < -0.4 is 0 Å². The van der Waals surface area contributed by atoms with Gasteiger partial charge in [-0.3, -0.25) is 4.79 Å². The molecule has 0 radical (unpaired) electrons. The Kier molecular flexibility index (Phi) is 4.79. The van der Waals surface area contributed by atoms with E-state index in [2.05, 4.69) is 6.07 Å². The summed E-state index contributed by atoms with van der Waals surface area (Å²) < 4.78 is 0. The molecule has 0 bridgehead atoms. The minimum Gasteiger partial charge on any atom is -0.508 e.